The van der Waals surface area contributed by atoms with Crippen LogP contribution in [-0.2, 0) is 5.60 Å². The molecule has 0 aliphatic carbocycles. The lowest BCUT2D eigenvalue weighted by Gasteiger charge is -2.22. The lowest BCUT2D eigenvalue weighted by molar-refractivity contribution is 0.0794. The molecule has 3 aromatic carbocycles. The highest BCUT2D eigenvalue weighted by atomic mass is 79.9. The number of anilines is 2. The number of nitrogens with one attached hydrogen (secondary N) is 1. The van der Waals surface area contributed by atoms with Gasteiger partial charge in [-0.1, -0.05) is 58.4 Å². The normalized spacial score (nSPS) is 11.3. The fraction of sp³-hybridized carbons (Fsp3) is 0.143. The van der Waals surface area contributed by atoms with E-state index in [-0.39, 0.29) is 0 Å². The first-order chi connectivity index (χ1) is 11.4. The van der Waals surface area contributed by atoms with Crippen molar-refractivity contribution in [1.29, 1.82) is 0 Å². The number of halogens is 1. The van der Waals surface area contributed by atoms with Crippen molar-refractivity contribution >= 4 is 27.3 Å². The van der Waals surface area contributed by atoms with Crippen LogP contribution in [0.25, 0.3) is 11.1 Å². The summed E-state index contributed by atoms with van der Waals surface area (Å²) < 4.78 is 1.08. The molecule has 0 fully saturated rings. The zero-order valence-electron chi connectivity index (χ0n) is 13.8. The van der Waals surface area contributed by atoms with Gasteiger partial charge in [0.15, 0.2) is 0 Å². The molecule has 0 saturated carbocycles. The minimum Gasteiger partial charge on any atom is -0.386 e. The highest BCUT2D eigenvalue weighted by molar-refractivity contribution is 9.10. The van der Waals surface area contributed by atoms with Crippen molar-refractivity contribution < 1.29 is 5.11 Å². The van der Waals surface area contributed by atoms with E-state index in [1.54, 1.807) is 13.8 Å². The van der Waals surface area contributed by atoms with Gasteiger partial charge in [0.05, 0.1) is 5.60 Å². The third kappa shape index (κ3) is 3.86. The summed E-state index contributed by atoms with van der Waals surface area (Å²) in [4.78, 5) is 0. The topological polar surface area (TPSA) is 32.3 Å². The monoisotopic (exact) mass is 381 g/mol. The van der Waals surface area contributed by atoms with Gasteiger partial charge in [-0.05, 0) is 55.3 Å². The van der Waals surface area contributed by atoms with Crippen molar-refractivity contribution in [3.8, 4) is 11.1 Å². The number of aliphatic hydroxyl groups is 1. The molecule has 3 aromatic rings. The van der Waals surface area contributed by atoms with Crippen molar-refractivity contribution in [2.75, 3.05) is 5.32 Å². The molecular formula is C21H20BrNO. The minimum absolute atomic E-state index is 0.877. The molecule has 0 saturated heterocycles. The van der Waals surface area contributed by atoms with E-state index in [2.05, 4.69) is 57.6 Å². The van der Waals surface area contributed by atoms with Crippen LogP contribution in [0.1, 0.15) is 19.4 Å². The summed E-state index contributed by atoms with van der Waals surface area (Å²) in [6.45, 7) is 3.59. The maximum absolute atomic E-state index is 10.3. The summed E-state index contributed by atoms with van der Waals surface area (Å²) in [7, 11) is 0. The van der Waals surface area contributed by atoms with Gasteiger partial charge in [0.2, 0.25) is 0 Å². The van der Waals surface area contributed by atoms with Crippen LogP contribution >= 0.6 is 15.9 Å². The van der Waals surface area contributed by atoms with Crippen LogP contribution in [0.15, 0.2) is 77.3 Å². The van der Waals surface area contributed by atoms with Gasteiger partial charge in [-0.15, -0.1) is 0 Å². The molecule has 2 N–H and O–H groups in total. The standard InChI is InChI=1S/C21H20BrNO/c1-21(2,24)19-5-3-4-6-20(19)23-18-13-9-16(10-14-18)15-7-11-17(22)12-8-15/h3-14,23-24H,1-2H3. The third-order valence-corrected chi connectivity index (χ3v) is 4.46. The fourth-order valence-corrected chi connectivity index (χ4v) is 2.93. The zero-order chi connectivity index (χ0) is 17.2. The molecule has 122 valence electrons. The lowest BCUT2D eigenvalue weighted by atomic mass is 9.96. The van der Waals surface area contributed by atoms with Crippen LogP contribution in [0.5, 0.6) is 0 Å². The molecule has 0 aliphatic heterocycles. The van der Waals surface area contributed by atoms with E-state index in [1.165, 1.54) is 11.1 Å². The number of hydrogen-bond donors (Lipinski definition) is 2. The Balaban J connectivity index is 1.84. The first kappa shape index (κ1) is 16.7. The quantitative estimate of drug-likeness (QED) is 0.573. The second kappa shape index (κ2) is 6.80. The Hall–Kier alpha value is -2.10. The summed E-state index contributed by atoms with van der Waals surface area (Å²) in [6.07, 6.45) is 0. The largest absolute Gasteiger partial charge is 0.386 e. The molecule has 3 rings (SSSR count). The van der Waals surface area contributed by atoms with Gasteiger partial charge >= 0.3 is 0 Å². The molecule has 0 aromatic heterocycles. The average molecular weight is 382 g/mol. The molecule has 24 heavy (non-hydrogen) atoms. The minimum atomic E-state index is -0.888. The first-order valence-corrected chi connectivity index (χ1v) is 8.68. The van der Waals surface area contributed by atoms with Crippen LogP contribution in [-0.4, -0.2) is 5.11 Å². The van der Waals surface area contributed by atoms with Gasteiger partial charge in [0.1, 0.15) is 0 Å². The molecule has 0 bridgehead atoms. The molecule has 2 nitrogen and oxygen atoms in total. The molecule has 0 aliphatic rings. The van der Waals surface area contributed by atoms with E-state index in [4.69, 9.17) is 0 Å². The predicted molar refractivity (Wildman–Crippen MR) is 105 cm³/mol. The molecule has 3 heteroatoms. The summed E-state index contributed by atoms with van der Waals surface area (Å²) in [6, 6.07) is 24.4. The molecule has 0 amide bonds. The maximum atomic E-state index is 10.3. The smallest absolute Gasteiger partial charge is 0.0860 e. The predicted octanol–water partition coefficient (Wildman–Crippen LogP) is 6.09. The second-order valence-electron chi connectivity index (χ2n) is 6.31. The summed E-state index contributed by atoms with van der Waals surface area (Å²) in [5.41, 5.74) is 4.25. The molecule has 0 heterocycles. The third-order valence-electron chi connectivity index (χ3n) is 3.93. The van der Waals surface area contributed by atoms with Gasteiger partial charge in [-0.2, -0.15) is 0 Å². The van der Waals surface area contributed by atoms with E-state index in [9.17, 15) is 5.11 Å². The van der Waals surface area contributed by atoms with Gasteiger partial charge in [-0.3, -0.25) is 0 Å². The van der Waals surface area contributed by atoms with E-state index in [0.29, 0.717) is 0 Å². The van der Waals surface area contributed by atoms with Crippen molar-refractivity contribution in [2.45, 2.75) is 19.4 Å². The van der Waals surface area contributed by atoms with Crippen molar-refractivity contribution in [1.82, 2.24) is 0 Å². The Morgan fingerprint density at radius 3 is 1.92 bits per heavy atom. The van der Waals surface area contributed by atoms with Crippen LogP contribution in [0.2, 0.25) is 0 Å². The Bertz CT molecular complexity index is 818. The maximum Gasteiger partial charge on any atom is 0.0860 e. The number of rotatable bonds is 4. The van der Waals surface area contributed by atoms with Gasteiger partial charge in [-0.25, -0.2) is 0 Å². The molecule has 0 radical (unpaired) electrons. The summed E-state index contributed by atoms with van der Waals surface area (Å²) in [5.74, 6) is 0. The molecule has 0 spiro atoms. The van der Waals surface area contributed by atoms with E-state index in [1.807, 2.05) is 36.4 Å². The van der Waals surface area contributed by atoms with Crippen LogP contribution in [0.4, 0.5) is 11.4 Å². The van der Waals surface area contributed by atoms with Gasteiger partial charge in [0.25, 0.3) is 0 Å². The Morgan fingerprint density at radius 2 is 1.33 bits per heavy atom. The lowest BCUT2D eigenvalue weighted by Crippen LogP contribution is -2.17. The fourth-order valence-electron chi connectivity index (χ4n) is 2.67. The van der Waals surface area contributed by atoms with E-state index >= 15 is 0 Å². The number of benzene rings is 3. The van der Waals surface area contributed by atoms with Crippen molar-refractivity contribution in [3.05, 3.63) is 82.8 Å². The molecular weight excluding hydrogens is 362 g/mol. The zero-order valence-corrected chi connectivity index (χ0v) is 15.3. The average Bonchev–Trinajstić information content (AvgIpc) is 2.56. The number of hydrogen-bond acceptors (Lipinski definition) is 2. The SMILES string of the molecule is CC(C)(O)c1ccccc1Nc1ccc(-c2ccc(Br)cc2)cc1. The van der Waals surface area contributed by atoms with Crippen molar-refractivity contribution in [3.63, 3.8) is 0 Å². The van der Waals surface area contributed by atoms with Crippen LogP contribution in [0.3, 0.4) is 0 Å². The number of para-hydroxylation sites is 1. The summed E-state index contributed by atoms with van der Waals surface area (Å²) in [5, 5.41) is 13.7. The first-order valence-electron chi connectivity index (χ1n) is 7.88. The Labute approximate surface area is 151 Å². The van der Waals surface area contributed by atoms with E-state index < -0.39 is 5.60 Å². The Morgan fingerprint density at radius 1 is 0.792 bits per heavy atom. The van der Waals surface area contributed by atoms with Gasteiger partial charge < -0.3 is 10.4 Å². The van der Waals surface area contributed by atoms with Gasteiger partial charge in [0, 0.05) is 21.4 Å². The Kier molecular flexibility index (Phi) is 4.74. The van der Waals surface area contributed by atoms with Crippen LogP contribution in [0, 0.1) is 0 Å². The summed E-state index contributed by atoms with van der Waals surface area (Å²) >= 11 is 3.46. The van der Waals surface area contributed by atoms with E-state index in [0.717, 1.165) is 21.4 Å². The van der Waals surface area contributed by atoms with Crippen molar-refractivity contribution in [2.24, 2.45) is 0 Å². The second-order valence-corrected chi connectivity index (χ2v) is 7.23. The molecule has 0 unspecified atom stereocenters. The highest BCUT2D eigenvalue weighted by Crippen LogP contribution is 2.30. The van der Waals surface area contributed by atoms with Crippen LogP contribution < -0.4 is 5.32 Å². The molecule has 0 atom stereocenters. The highest BCUT2D eigenvalue weighted by Gasteiger charge is 2.19.